The molecule has 0 saturated carbocycles. The van der Waals surface area contributed by atoms with Gasteiger partial charge in [0.15, 0.2) is 0 Å². The van der Waals surface area contributed by atoms with E-state index in [0.29, 0.717) is 12.1 Å². The van der Waals surface area contributed by atoms with E-state index in [4.69, 9.17) is 4.74 Å². The second-order valence-corrected chi connectivity index (χ2v) is 10.4. The SMILES string of the molecule is CC[C@H](C)[C@H](N=C1NS(=O)(=O)c2ccccc21)C(=O)NCc1ccccc1CN1CCOCC1. The van der Waals surface area contributed by atoms with Crippen molar-refractivity contribution in [3.8, 4) is 0 Å². The number of rotatable bonds is 8. The topological polar surface area (TPSA) is 100 Å². The lowest BCUT2D eigenvalue weighted by molar-refractivity contribution is -0.123. The van der Waals surface area contributed by atoms with E-state index in [1.165, 1.54) is 5.56 Å². The van der Waals surface area contributed by atoms with Crippen molar-refractivity contribution < 1.29 is 17.9 Å². The molecule has 0 radical (unpaired) electrons. The summed E-state index contributed by atoms with van der Waals surface area (Å²) in [6.45, 7) is 8.42. The molecule has 1 amide bonds. The highest BCUT2D eigenvalue weighted by molar-refractivity contribution is 7.90. The maximum absolute atomic E-state index is 13.3. The predicted octanol–water partition coefficient (Wildman–Crippen LogP) is 2.29. The number of nitrogens with zero attached hydrogens (tertiary/aromatic N) is 2. The van der Waals surface area contributed by atoms with Gasteiger partial charge in [-0.05, 0) is 29.2 Å². The van der Waals surface area contributed by atoms with Crippen LogP contribution in [0.3, 0.4) is 0 Å². The van der Waals surface area contributed by atoms with Gasteiger partial charge >= 0.3 is 0 Å². The number of nitrogens with one attached hydrogen (secondary N) is 2. The van der Waals surface area contributed by atoms with Crippen LogP contribution in [0.1, 0.15) is 37.0 Å². The highest BCUT2D eigenvalue weighted by Crippen LogP contribution is 2.24. The first-order valence-corrected chi connectivity index (χ1v) is 13.2. The molecule has 0 spiro atoms. The number of hydrogen-bond acceptors (Lipinski definition) is 6. The summed E-state index contributed by atoms with van der Waals surface area (Å²) in [5, 5.41) is 3.04. The zero-order valence-corrected chi connectivity index (χ0v) is 20.5. The summed E-state index contributed by atoms with van der Waals surface area (Å²) in [5.41, 5.74) is 2.73. The van der Waals surface area contributed by atoms with Crippen LogP contribution in [0.4, 0.5) is 0 Å². The van der Waals surface area contributed by atoms with Gasteiger partial charge in [-0.1, -0.05) is 56.7 Å². The maximum Gasteiger partial charge on any atom is 0.263 e. The first-order valence-electron chi connectivity index (χ1n) is 11.7. The molecular weight excluding hydrogens is 452 g/mol. The highest BCUT2D eigenvalue weighted by atomic mass is 32.2. The van der Waals surface area contributed by atoms with E-state index in [1.54, 1.807) is 24.3 Å². The molecule has 1 fully saturated rings. The number of carbonyl (C=O) groups excluding carboxylic acids is 1. The molecule has 4 rings (SSSR count). The van der Waals surface area contributed by atoms with Gasteiger partial charge in [-0.15, -0.1) is 0 Å². The predicted molar refractivity (Wildman–Crippen MR) is 131 cm³/mol. The summed E-state index contributed by atoms with van der Waals surface area (Å²) >= 11 is 0. The number of morpholine rings is 1. The number of benzene rings is 2. The third-order valence-electron chi connectivity index (χ3n) is 6.45. The Morgan fingerprint density at radius 1 is 1.12 bits per heavy atom. The number of fused-ring (bicyclic) bond motifs is 1. The minimum atomic E-state index is -3.66. The van der Waals surface area contributed by atoms with Crippen molar-refractivity contribution in [1.29, 1.82) is 0 Å². The van der Waals surface area contributed by atoms with Crippen LogP contribution >= 0.6 is 0 Å². The fraction of sp³-hybridized carbons (Fsp3) is 0.440. The van der Waals surface area contributed by atoms with Crippen LogP contribution in [-0.2, 0) is 32.6 Å². The van der Waals surface area contributed by atoms with Gasteiger partial charge in [0.1, 0.15) is 11.9 Å². The smallest absolute Gasteiger partial charge is 0.263 e. The van der Waals surface area contributed by atoms with Gasteiger partial charge in [-0.2, -0.15) is 0 Å². The van der Waals surface area contributed by atoms with E-state index in [0.717, 1.165) is 44.8 Å². The summed E-state index contributed by atoms with van der Waals surface area (Å²) in [4.78, 5) is 20.4. The van der Waals surface area contributed by atoms with E-state index in [-0.39, 0.29) is 22.6 Å². The minimum absolute atomic E-state index is 0.0617. The Morgan fingerprint density at radius 2 is 1.79 bits per heavy atom. The number of amidine groups is 1. The van der Waals surface area contributed by atoms with Gasteiger partial charge in [0.2, 0.25) is 5.91 Å². The van der Waals surface area contributed by atoms with Gasteiger partial charge < -0.3 is 10.1 Å². The molecule has 2 aliphatic heterocycles. The molecule has 1 saturated heterocycles. The van der Waals surface area contributed by atoms with Gasteiger partial charge in [0, 0.05) is 31.7 Å². The van der Waals surface area contributed by atoms with Crippen molar-refractivity contribution in [1.82, 2.24) is 14.9 Å². The average molecular weight is 485 g/mol. The molecule has 8 nitrogen and oxygen atoms in total. The standard InChI is InChI=1S/C25H32N4O4S/c1-3-18(2)23(27-24-21-10-6-7-11-22(21)34(31,32)28-24)25(30)26-16-19-8-4-5-9-20(19)17-29-12-14-33-15-13-29/h4-11,18,23H,3,12-17H2,1-2H3,(H,26,30)(H,27,28)/t18-,23-/m0/s1. The van der Waals surface area contributed by atoms with Crippen LogP contribution < -0.4 is 10.0 Å². The Hall–Kier alpha value is -2.75. The number of ether oxygens (including phenoxy) is 1. The van der Waals surface area contributed by atoms with E-state index in [1.807, 2.05) is 32.0 Å². The van der Waals surface area contributed by atoms with Crippen molar-refractivity contribution in [2.75, 3.05) is 26.3 Å². The lowest BCUT2D eigenvalue weighted by Gasteiger charge is -2.27. The molecule has 34 heavy (non-hydrogen) atoms. The number of carbonyl (C=O) groups is 1. The number of aliphatic imine (C=N–C) groups is 1. The number of sulfonamides is 1. The number of amides is 1. The summed E-state index contributed by atoms with van der Waals surface area (Å²) in [6, 6.07) is 14.1. The van der Waals surface area contributed by atoms with Gasteiger partial charge in [0.25, 0.3) is 10.0 Å². The lowest BCUT2D eigenvalue weighted by atomic mass is 9.98. The Bertz CT molecular complexity index is 1160. The molecule has 0 bridgehead atoms. The molecular formula is C25H32N4O4S. The van der Waals surface area contributed by atoms with Crippen molar-refractivity contribution in [3.05, 3.63) is 65.2 Å². The molecule has 9 heteroatoms. The lowest BCUT2D eigenvalue weighted by Crippen LogP contribution is -2.39. The van der Waals surface area contributed by atoms with E-state index in [9.17, 15) is 13.2 Å². The normalized spacial score (nSPS) is 20.4. The second-order valence-electron chi connectivity index (χ2n) is 8.78. The number of hydrogen-bond donors (Lipinski definition) is 2. The molecule has 2 aliphatic rings. The van der Waals surface area contributed by atoms with Crippen molar-refractivity contribution >= 4 is 21.8 Å². The summed E-state index contributed by atoms with van der Waals surface area (Å²) in [7, 11) is -3.66. The fourth-order valence-electron chi connectivity index (χ4n) is 4.21. The van der Waals surface area contributed by atoms with Crippen LogP contribution in [0.5, 0.6) is 0 Å². The zero-order chi connectivity index (χ0) is 24.1. The third-order valence-corrected chi connectivity index (χ3v) is 7.85. The first kappa shape index (κ1) is 24.4. The minimum Gasteiger partial charge on any atom is -0.379 e. The van der Waals surface area contributed by atoms with Crippen LogP contribution in [0.25, 0.3) is 0 Å². The fourth-order valence-corrected chi connectivity index (χ4v) is 5.45. The van der Waals surface area contributed by atoms with Crippen molar-refractivity contribution in [3.63, 3.8) is 0 Å². The quantitative estimate of drug-likeness (QED) is 0.599. The Morgan fingerprint density at radius 3 is 2.53 bits per heavy atom. The second kappa shape index (κ2) is 10.7. The van der Waals surface area contributed by atoms with E-state index >= 15 is 0 Å². The Kier molecular flexibility index (Phi) is 7.65. The van der Waals surface area contributed by atoms with Gasteiger partial charge in [0.05, 0.1) is 18.1 Å². The van der Waals surface area contributed by atoms with Gasteiger partial charge in [-0.25, -0.2) is 8.42 Å². The van der Waals surface area contributed by atoms with Crippen LogP contribution in [-0.4, -0.2) is 57.4 Å². The first-order chi connectivity index (χ1) is 16.4. The Balaban J connectivity index is 1.50. The average Bonchev–Trinajstić information content (AvgIpc) is 3.12. The molecule has 2 aromatic carbocycles. The molecule has 2 aromatic rings. The summed E-state index contributed by atoms with van der Waals surface area (Å²) < 4.78 is 32.9. The summed E-state index contributed by atoms with van der Waals surface area (Å²) in [5.74, 6) is -0.0521. The molecule has 0 aromatic heterocycles. The summed E-state index contributed by atoms with van der Waals surface area (Å²) in [6.07, 6.45) is 0.733. The monoisotopic (exact) mass is 484 g/mol. The van der Waals surface area contributed by atoms with Crippen LogP contribution in [0.15, 0.2) is 58.4 Å². The van der Waals surface area contributed by atoms with E-state index in [2.05, 4.69) is 26.0 Å². The zero-order valence-electron chi connectivity index (χ0n) is 19.7. The van der Waals surface area contributed by atoms with Crippen molar-refractivity contribution in [2.45, 2.75) is 44.3 Å². The Labute approximate surface area is 201 Å². The highest BCUT2D eigenvalue weighted by Gasteiger charge is 2.33. The largest absolute Gasteiger partial charge is 0.379 e. The molecule has 2 N–H and O–H groups in total. The molecule has 0 unspecified atom stereocenters. The molecule has 182 valence electrons. The third kappa shape index (κ3) is 5.48. The van der Waals surface area contributed by atoms with E-state index < -0.39 is 16.1 Å². The molecule has 2 atom stereocenters. The van der Waals surface area contributed by atoms with Gasteiger partial charge in [-0.3, -0.25) is 19.4 Å². The van der Waals surface area contributed by atoms with Crippen molar-refractivity contribution in [2.24, 2.45) is 10.9 Å². The molecule has 2 heterocycles. The van der Waals surface area contributed by atoms with Crippen LogP contribution in [0, 0.1) is 5.92 Å². The van der Waals surface area contributed by atoms with Crippen LogP contribution in [0.2, 0.25) is 0 Å². The maximum atomic E-state index is 13.3. The molecule has 0 aliphatic carbocycles.